The summed E-state index contributed by atoms with van der Waals surface area (Å²) >= 11 is 7.43. The maximum absolute atomic E-state index is 13.2. The smallest absolute Gasteiger partial charge is 0.308 e. The average molecular weight is 338 g/mol. The Morgan fingerprint density at radius 2 is 2.14 bits per heavy atom. The molecule has 0 spiro atoms. The molecule has 1 aromatic heterocycles. The molecule has 1 atom stereocenters. The van der Waals surface area contributed by atoms with Crippen LogP contribution in [0.2, 0.25) is 5.02 Å². The minimum atomic E-state index is -0.508. The molecule has 2 aromatic rings. The molecule has 2 amide bonds. The van der Waals surface area contributed by atoms with Crippen molar-refractivity contribution in [3.05, 3.63) is 59.1 Å². The molecule has 22 heavy (non-hydrogen) atoms. The highest BCUT2D eigenvalue weighted by Gasteiger charge is 2.30. The van der Waals surface area contributed by atoms with Gasteiger partial charge in [0.05, 0.1) is 5.02 Å². The fraction of sp³-hybridized carbons (Fsp3) is 0.200. The van der Waals surface area contributed by atoms with Crippen molar-refractivity contribution in [3.63, 3.8) is 0 Å². The number of carbonyl (C=O) groups is 1. The quantitative estimate of drug-likeness (QED) is 0.895. The number of carbonyl (C=O) groups excluding carboxylic acids is 1. The Bertz CT molecular complexity index is 686. The number of thioether (sulfide) groups is 1. The van der Waals surface area contributed by atoms with Gasteiger partial charge in [-0.05, 0) is 35.9 Å². The van der Waals surface area contributed by atoms with Gasteiger partial charge in [-0.25, -0.2) is 9.18 Å². The first-order valence-corrected chi connectivity index (χ1v) is 8.12. The van der Waals surface area contributed by atoms with E-state index in [1.165, 1.54) is 18.2 Å². The second-order valence-corrected chi connectivity index (χ2v) is 6.35. The summed E-state index contributed by atoms with van der Waals surface area (Å²) in [4.78, 5) is 18.2. The van der Waals surface area contributed by atoms with Crippen LogP contribution in [-0.4, -0.2) is 28.2 Å². The zero-order chi connectivity index (χ0) is 15.5. The Morgan fingerprint density at radius 1 is 1.36 bits per heavy atom. The van der Waals surface area contributed by atoms with Crippen LogP contribution in [0, 0.1) is 5.82 Å². The molecule has 0 bridgehead atoms. The highest BCUT2D eigenvalue weighted by atomic mass is 35.5. The van der Waals surface area contributed by atoms with E-state index >= 15 is 0 Å². The minimum absolute atomic E-state index is 0.0146. The van der Waals surface area contributed by atoms with E-state index in [0.717, 1.165) is 11.3 Å². The van der Waals surface area contributed by atoms with Gasteiger partial charge in [0.25, 0.3) is 0 Å². The van der Waals surface area contributed by atoms with Crippen LogP contribution in [0.4, 0.5) is 14.9 Å². The molecule has 1 N–H and O–H groups in total. The van der Waals surface area contributed by atoms with Crippen molar-refractivity contribution >= 4 is 35.1 Å². The number of benzene rings is 1. The molecule has 1 saturated heterocycles. The maximum Gasteiger partial charge on any atom is 0.323 e. The van der Waals surface area contributed by atoms with Gasteiger partial charge >= 0.3 is 6.03 Å². The molecular formula is C15H13ClFN3OS. The Kier molecular flexibility index (Phi) is 4.49. The lowest BCUT2D eigenvalue weighted by molar-refractivity contribution is 0.214. The number of pyridine rings is 1. The van der Waals surface area contributed by atoms with Crippen molar-refractivity contribution in [2.75, 3.05) is 17.6 Å². The summed E-state index contributed by atoms with van der Waals surface area (Å²) in [5.41, 5.74) is 1.51. The fourth-order valence-corrected chi connectivity index (χ4v) is 3.69. The zero-order valence-electron chi connectivity index (χ0n) is 11.5. The average Bonchev–Trinajstić information content (AvgIpc) is 3.01. The fourth-order valence-electron chi connectivity index (χ4n) is 2.25. The van der Waals surface area contributed by atoms with Crippen molar-refractivity contribution in [1.29, 1.82) is 0 Å². The van der Waals surface area contributed by atoms with Gasteiger partial charge in [0.1, 0.15) is 11.2 Å². The van der Waals surface area contributed by atoms with Gasteiger partial charge in [-0.1, -0.05) is 11.6 Å². The van der Waals surface area contributed by atoms with Crippen LogP contribution in [0.25, 0.3) is 0 Å². The Balaban J connectivity index is 1.75. The molecule has 1 fully saturated rings. The molecular weight excluding hydrogens is 325 g/mol. The molecule has 1 unspecified atom stereocenters. The number of halogens is 2. The zero-order valence-corrected chi connectivity index (χ0v) is 13.1. The van der Waals surface area contributed by atoms with Crippen LogP contribution in [0.5, 0.6) is 0 Å². The first kappa shape index (κ1) is 15.1. The summed E-state index contributed by atoms with van der Waals surface area (Å²) in [6.45, 7) is 0.651. The van der Waals surface area contributed by atoms with Crippen molar-refractivity contribution in [1.82, 2.24) is 9.88 Å². The molecule has 7 heteroatoms. The molecule has 4 nitrogen and oxygen atoms in total. The highest BCUT2D eigenvalue weighted by molar-refractivity contribution is 7.99. The van der Waals surface area contributed by atoms with E-state index in [1.54, 1.807) is 29.1 Å². The first-order chi connectivity index (χ1) is 10.6. The molecule has 114 valence electrons. The van der Waals surface area contributed by atoms with E-state index in [-0.39, 0.29) is 16.4 Å². The number of amides is 2. The lowest BCUT2D eigenvalue weighted by atomic mass is 10.2. The maximum atomic E-state index is 13.2. The van der Waals surface area contributed by atoms with Gasteiger partial charge < -0.3 is 10.2 Å². The minimum Gasteiger partial charge on any atom is -0.308 e. The van der Waals surface area contributed by atoms with E-state index in [1.807, 2.05) is 12.1 Å². The Hall–Kier alpha value is -1.79. The topological polar surface area (TPSA) is 45.2 Å². The van der Waals surface area contributed by atoms with Crippen molar-refractivity contribution in [3.8, 4) is 0 Å². The third kappa shape index (κ3) is 3.18. The van der Waals surface area contributed by atoms with Gasteiger partial charge in [-0.15, -0.1) is 11.8 Å². The van der Waals surface area contributed by atoms with Gasteiger partial charge in [0, 0.05) is 30.4 Å². The van der Waals surface area contributed by atoms with Gasteiger partial charge in [0.15, 0.2) is 0 Å². The highest BCUT2D eigenvalue weighted by Crippen LogP contribution is 2.37. The predicted molar refractivity (Wildman–Crippen MR) is 86.6 cm³/mol. The van der Waals surface area contributed by atoms with Crippen molar-refractivity contribution < 1.29 is 9.18 Å². The van der Waals surface area contributed by atoms with Gasteiger partial charge in [0.2, 0.25) is 0 Å². The second-order valence-electron chi connectivity index (χ2n) is 4.76. The van der Waals surface area contributed by atoms with Crippen LogP contribution in [-0.2, 0) is 0 Å². The summed E-state index contributed by atoms with van der Waals surface area (Å²) in [5.74, 6) is 0.357. The number of rotatable bonds is 2. The van der Waals surface area contributed by atoms with Crippen molar-refractivity contribution in [2.24, 2.45) is 0 Å². The van der Waals surface area contributed by atoms with E-state index in [2.05, 4.69) is 10.3 Å². The molecule has 3 rings (SSSR count). The molecule has 1 aliphatic heterocycles. The number of anilines is 1. The number of nitrogens with one attached hydrogen (secondary N) is 1. The van der Waals surface area contributed by atoms with Gasteiger partial charge in [-0.2, -0.15) is 0 Å². The predicted octanol–water partition coefficient (Wildman–Crippen LogP) is 4.15. The second kappa shape index (κ2) is 6.54. The SMILES string of the molecule is O=C(Nc1ccc(F)c(Cl)c1)N1CCSC1c1ccncc1. The van der Waals surface area contributed by atoms with E-state index in [9.17, 15) is 9.18 Å². The van der Waals surface area contributed by atoms with Crippen LogP contribution < -0.4 is 5.32 Å². The van der Waals surface area contributed by atoms with E-state index in [4.69, 9.17) is 11.6 Å². The number of hydrogen-bond donors (Lipinski definition) is 1. The molecule has 1 aliphatic rings. The number of nitrogens with zero attached hydrogens (tertiary/aromatic N) is 2. The molecule has 1 aromatic carbocycles. The summed E-state index contributed by atoms with van der Waals surface area (Å²) < 4.78 is 13.2. The normalized spacial score (nSPS) is 17.5. The van der Waals surface area contributed by atoms with Crippen LogP contribution >= 0.6 is 23.4 Å². The van der Waals surface area contributed by atoms with E-state index < -0.39 is 5.82 Å². The monoisotopic (exact) mass is 337 g/mol. The third-order valence-electron chi connectivity index (χ3n) is 3.31. The molecule has 0 saturated carbocycles. The van der Waals surface area contributed by atoms with Gasteiger partial charge in [-0.3, -0.25) is 4.98 Å². The van der Waals surface area contributed by atoms with Crippen molar-refractivity contribution in [2.45, 2.75) is 5.37 Å². The standard InChI is InChI=1S/C15H13ClFN3OS/c16-12-9-11(1-2-13(12)17)19-15(21)20-7-8-22-14(20)10-3-5-18-6-4-10/h1-6,9,14H,7-8H2,(H,19,21). The Morgan fingerprint density at radius 3 is 2.86 bits per heavy atom. The Labute approximate surface area is 136 Å². The largest absolute Gasteiger partial charge is 0.323 e. The summed E-state index contributed by atoms with van der Waals surface area (Å²) in [6, 6.07) is 7.70. The number of aromatic nitrogens is 1. The lowest BCUT2D eigenvalue weighted by Crippen LogP contribution is -2.34. The summed E-state index contributed by atoms with van der Waals surface area (Å²) in [7, 11) is 0. The molecule has 2 heterocycles. The van der Waals surface area contributed by atoms with Crippen LogP contribution in [0.1, 0.15) is 10.9 Å². The number of hydrogen-bond acceptors (Lipinski definition) is 3. The molecule has 0 radical (unpaired) electrons. The van der Waals surface area contributed by atoms with Crippen LogP contribution in [0.3, 0.4) is 0 Å². The van der Waals surface area contributed by atoms with E-state index in [0.29, 0.717) is 12.2 Å². The third-order valence-corrected chi connectivity index (χ3v) is 4.86. The number of urea groups is 1. The lowest BCUT2D eigenvalue weighted by Gasteiger charge is -2.24. The molecule has 0 aliphatic carbocycles. The first-order valence-electron chi connectivity index (χ1n) is 6.69. The summed E-state index contributed by atoms with van der Waals surface area (Å²) in [6.07, 6.45) is 3.42. The van der Waals surface area contributed by atoms with Crippen LogP contribution in [0.15, 0.2) is 42.7 Å². The summed E-state index contributed by atoms with van der Waals surface area (Å²) in [5, 5.41) is 2.70.